The van der Waals surface area contributed by atoms with E-state index in [0.717, 1.165) is 6.07 Å². The lowest BCUT2D eigenvalue weighted by molar-refractivity contribution is -0.332. The van der Waals surface area contributed by atoms with Crippen molar-refractivity contribution in [1.82, 2.24) is 0 Å². The van der Waals surface area contributed by atoms with E-state index in [9.17, 15) is 45.6 Å². The van der Waals surface area contributed by atoms with E-state index in [2.05, 4.69) is 0 Å². The zero-order valence-corrected chi connectivity index (χ0v) is 20.1. The van der Waals surface area contributed by atoms with Crippen molar-refractivity contribution in [3.8, 4) is 5.75 Å². The molecule has 2 fully saturated rings. The van der Waals surface area contributed by atoms with Crippen LogP contribution in [0.3, 0.4) is 0 Å². The lowest BCUT2D eigenvalue weighted by Gasteiger charge is -2.42. The third-order valence-corrected chi connectivity index (χ3v) is 6.81. The number of ether oxygens (including phenoxy) is 4. The molecule has 10 unspecified atom stereocenters. The normalized spacial score (nSPS) is 35.6. The van der Waals surface area contributed by atoms with E-state index in [1.165, 1.54) is 18.4 Å². The Balaban J connectivity index is 1.27. The standard InChI is InChI=1S/C24H28O15/c25-5-13-17(28)19(30)21(32)24(38-13)36-7-14-18(29)20(31)22(33)23(39-14)35-6-8-3-10(26)15-12(37-8)4-11-9(16(15)27)1-2-34-11/h1-4,13-14,17-25,27-33H,5-7H2. The van der Waals surface area contributed by atoms with Gasteiger partial charge >= 0.3 is 0 Å². The second kappa shape index (κ2) is 11.1. The van der Waals surface area contributed by atoms with Crippen molar-refractivity contribution in [2.24, 2.45) is 0 Å². The van der Waals surface area contributed by atoms with Gasteiger partial charge in [0.15, 0.2) is 18.0 Å². The fourth-order valence-electron chi connectivity index (χ4n) is 4.60. The third kappa shape index (κ3) is 5.15. The van der Waals surface area contributed by atoms with Gasteiger partial charge in [-0.05, 0) is 6.07 Å². The van der Waals surface area contributed by atoms with Crippen molar-refractivity contribution in [2.45, 2.75) is 68.0 Å². The van der Waals surface area contributed by atoms with Gasteiger partial charge in [0.25, 0.3) is 0 Å². The minimum Gasteiger partial charge on any atom is -0.506 e. The summed E-state index contributed by atoms with van der Waals surface area (Å²) >= 11 is 0. The Labute approximate surface area is 218 Å². The first-order valence-electron chi connectivity index (χ1n) is 12.0. The zero-order chi connectivity index (χ0) is 28.0. The molecule has 2 aliphatic rings. The van der Waals surface area contributed by atoms with E-state index in [-0.39, 0.29) is 28.1 Å². The second-order valence-electron chi connectivity index (χ2n) is 9.36. The molecule has 0 saturated carbocycles. The van der Waals surface area contributed by atoms with Crippen LogP contribution in [0.5, 0.6) is 5.75 Å². The van der Waals surface area contributed by atoms with Crippen LogP contribution in [0.4, 0.5) is 0 Å². The summed E-state index contributed by atoms with van der Waals surface area (Å²) in [7, 11) is 0. The SMILES string of the molecule is O=c1cc(COC2OC(COC3OC(CO)C(O)C(O)C3O)C(O)C(O)C2O)oc2cc3occc3c(O)c12. The monoisotopic (exact) mass is 556 g/mol. The molecule has 2 saturated heterocycles. The van der Waals surface area contributed by atoms with Crippen LogP contribution >= 0.6 is 0 Å². The van der Waals surface area contributed by atoms with Crippen LogP contribution in [0.2, 0.25) is 0 Å². The molecule has 0 aliphatic carbocycles. The fraction of sp³-hybridized carbons (Fsp3) is 0.542. The van der Waals surface area contributed by atoms with Gasteiger partial charge in [-0.1, -0.05) is 0 Å². The summed E-state index contributed by atoms with van der Waals surface area (Å²) in [6.07, 6.45) is -14.4. The topological polar surface area (TPSA) is 242 Å². The molecular formula is C24H28O15. The molecule has 0 spiro atoms. The van der Waals surface area contributed by atoms with Crippen LogP contribution in [-0.2, 0) is 25.6 Å². The zero-order valence-electron chi connectivity index (χ0n) is 20.1. The van der Waals surface area contributed by atoms with E-state index in [1.807, 2.05) is 0 Å². The molecule has 1 aromatic carbocycles. The molecule has 15 heteroatoms. The van der Waals surface area contributed by atoms with E-state index in [4.69, 9.17) is 27.8 Å². The first kappa shape index (κ1) is 27.9. The Kier molecular flexibility index (Phi) is 7.91. The molecule has 2 aliphatic heterocycles. The van der Waals surface area contributed by atoms with E-state index in [0.29, 0.717) is 5.39 Å². The second-order valence-corrected chi connectivity index (χ2v) is 9.36. The van der Waals surface area contributed by atoms with Crippen molar-refractivity contribution in [2.75, 3.05) is 13.2 Å². The molecule has 4 heterocycles. The molecule has 0 bridgehead atoms. The maximum Gasteiger partial charge on any atom is 0.196 e. The van der Waals surface area contributed by atoms with Gasteiger partial charge in [0.1, 0.15) is 83.5 Å². The molecule has 5 rings (SSSR count). The smallest absolute Gasteiger partial charge is 0.196 e. The number of phenols is 1. The number of phenolic OH excluding ortho intramolecular Hbond substituents is 1. The minimum atomic E-state index is -1.75. The van der Waals surface area contributed by atoms with Crippen LogP contribution < -0.4 is 5.43 Å². The number of aliphatic hydroxyl groups excluding tert-OH is 7. The van der Waals surface area contributed by atoms with Gasteiger partial charge in [-0.25, -0.2) is 0 Å². The van der Waals surface area contributed by atoms with Crippen molar-refractivity contribution in [3.05, 3.63) is 40.4 Å². The number of rotatable bonds is 7. The molecule has 0 radical (unpaired) electrons. The van der Waals surface area contributed by atoms with Crippen LogP contribution in [0.1, 0.15) is 5.76 Å². The number of furan rings is 1. The number of aromatic hydroxyl groups is 1. The number of fused-ring (bicyclic) bond motifs is 2. The summed E-state index contributed by atoms with van der Waals surface area (Å²) < 4.78 is 32.6. The lowest BCUT2D eigenvalue weighted by Crippen LogP contribution is -2.61. The van der Waals surface area contributed by atoms with Gasteiger partial charge in [-0.15, -0.1) is 0 Å². The van der Waals surface area contributed by atoms with Gasteiger partial charge < -0.3 is 68.6 Å². The third-order valence-electron chi connectivity index (χ3n) is 6.81. The average Bonchev–Trinajstić information content (AvgIpc) is 3.39. The Morgan fingerprint density at radius 1 is 0.795 bits per heavy atom. The molecule has 214 valence electrons. The quantitative estimate of drug-likeness (QED) is 0.149. The number of hydrogen-bond acceptors (Lipinski definition) is 15. The van der Waals surface area contributed by atoms with Gasteiger partial charge in [-0.3, -0.25) is 4.79 Å². The number of hydrogen-bond donors (Lipinski definition) is 8. The molecule has 3 aromatic rings. The summed E-state index contributed by atoms with van der Waals surface area (Å²) in [6.45, 7) is -1.63. The highest BCUT2D eigenvalue weighted by Gasteiger charge is 2.47. The summed E-state index contributed by atoms with van der Waals surface area (Å²) in [6, 6.07) is 4.00. The van der Waals surface area contributed by atoms with E-state index in [1.54, 1.807) is 0 Å². The average molecular weight is 556 g/mol. The predicted octanol–water partition coefficient (Wildman–Crippen LogP) is -2.61. The highest BCUT2D eigenvalue weighted by molar-refractivity contribution is 6.00. The highest BCUT2D eigenvalue weighted by Crippen LogP contribution is 2.33. The molecule has 8 N–H and O–H groups in total. The summed E-state index contributed by atoms with van der Waals surface area (Å²) in [5.41, 5.74) is -0.263. The van der Waals surface area contributed by atoms with Gasteiger partial charge in [0.2, 0.25) is 0 Å². The molecule has 15 nitrogen and oxygen atoms in total. The summed E-state index contributed by atoms with van der Waals surface area (Å²) in [5.74, 6) is -0.314. The van der Waals surface area contributed by atoms with Gasteiger partial charge in [-0.2, -0.15) is 0 Å². The molecule has 0 amide bonds. The van der Waals surface area contributed by atoms with Crippen molar-refractivity contribution in [1.29, 1.82) is 0 Å². The predicted molar refractivity (Wildman–Crippen MR) is 125 cm³/mol. The maximum absolute atomic E-state index is 12.6. The Bertz CT molecular complexity index is 1350. The summed E-state index contributed by atoms with van der Waals surface area (Å²) in [5, 5.41) is 80.9. The number of aliphatic hydroxyl groups is 7. The molecule has 39 heavy (non-hydrogen) atoms. The Hall–Kier alpha value is -2.67. The van der Waals surface area contributed by atoms with E-state index < -0.39 is 86.7 Å². The van der Waals surface area contributed by atoms with Crippen molar-refractivity contribution >= 4 is 21.9 Å². The first-order chi connectivity index (χ1) is 18.6. The first-order valence-corrected chi connectivity index (χ1v) is 12.0. The van der Waals surface area contributed by atoms with Crippen LogP contribution in [0, 0.1) is 0 Å². The number of benzene rings is 1. The van der Waals surface area contributed by atoms with E-state index >= 15 is 0 Å². The van der Waals surface area contributed by atoms with Gasteiger partial charge in [0, 0.05) is 12.1 Å². The fourth-order valence-corrected chi connectivity index (χ4v) is 4.60. The lowest BCUT2D eigenvalue weighted by atomic mass is 9.98. The molecule has 10 atom stereocenters. The van der Waals surface area contributed by atoms with Crippen molar-refractivity contribution in [3.63, 3.8) is 0 Å². The van der Waals surface area contributed by atoms with Crippen LogP contribution in [-0.4, -0.2) is 115 Å². The Morgan fingerprint density at radius 2 is 1.44 bits per heavy atom. The van der Waals surface area contributed by atoms with Gasteiger partial charge in [0.05, 0.1) is 24.9 Å². The van der Waals surface area contributed by atoms with Crippen LogP contribution in [0.15, 0.2) is 38.1 Å². The maximum atomic E-state index is 12.6. The molecule has 2 aromatic heterocycles. The van der Waals surface area contributed by atoms with Crippen LogP contribution in [0.25, 0.3) is 21.9 Å². The highest BCUT2D eigenvalue weighted by atomic mass is 16.7. The van der Waals surface area contributed by atoms with Crippen molar-refractivity contribution < 1.29 is 68.6 Å². The Morgan fingerprint density at radius 3 is 2.13 bits per heavy atom. The minimum absolute atomic E-state index is 0.0108. The molecular weight excluding hydrogens is 528 g/mol. The largest absolute Gasteiger partial charge is 0.506 e. The summed E-state index contributed by atoms with van der Waals surface area (Å²) in [4.78, 5) is 12.6.